The van der Waals surface area contributed by atoms with E-state index in [9.17, 15) is 19.2 Å². The van der Waals surface area contributed by atoms with Crippen LogP contribution in [0.3, 0.4) is 0 Å². The van der Waals surface area contributed by atoms with Crippen molar-refractivity contribution >= 4 is 23.7 Å². The number of carbonyl (C=O) groups is 4. The Morgan fingerprint density at radius 3 is 1.96 bits per heavy atom. The van der Waals surface area contributed by atoms with Gasteiger partial charge in [0.1, 0.15) is 12.1 Å². The van der Waals surface area contributed by atoms with Crippen molar-refractivity contribution in [1.82, 2.24) is 10.6 Å². The van der Waals surface area contributed by atoms with Gasteiger partial charge in [0.2, 0.25) is 17.7 Å². The van der Waals surface area contributed by atoms with Crippen LogP contribution < -0.4 is 22.1 Å². The van der Waals surface area contributed by atoms with Crippen LogP contribution in [0.15, 0.2) is 0 Å². The van der Waals surface area contributed by atoms with Gasteiger partial charge in [-0.2, -0.15) is 0 Å². The van der Waals surface area contributed by atoms with E-state index in [1.165, 1.54) is 0 Å². The quantitative estimate of drug-likeness (QED) is 0.251. The molecular weight excluding hydrogens is 308 g/mol. The van der Waals surface area contributed by atoms with Crippen molar-refractivity contribution in [3.8, 4) is 0 Å². The zero-order chi connectivity index (χ0) is 18.2. The monoisotopic (exact) mass is 332 g/mol. The molecule has 10 nitrogen and oxygen atoms in total. The first kappa shape index (κ1) is 20.8. The lowest BCUT2D eigenvalue weighted by molar-refractivity contribution is -0.143. The Morgan fingerprint density at radius 1 is 1.04 bits per heavy atom. The fraction of sp³-hybridized carbons (Fsp3) is 0.692. The molecule has 0 fully saturated rings. The molecule has 0 aliphatic rings. The van der Waals surface area contributed by atoms with E-state index in [4.69, 9.17) is 21.7 Å². The van der Waals surface area contributed by atoms with Crippen LogP contribution in [0, 0.1) is 5.92 Å². The van der Waals surface area contributed by atoms with Crippen molar-refractivity contribution < 1.29 is 29.4 Å². The molecule has 0 saturated heterocycles. The van der Waals surface area contributed by atoms with Gasteiger partial charge in [-0.3, -0.25) is 14.4 Å². The maximum atomic E-state index is 12.1. The van der Waals surface area contributed by atoms with Crippen molar-refractivity contribution in [2.24, 2.45) is 17.4 Å². The molecule has 0 aromatic heterocycles. The summed E-state index contributed by atoms with van der Waals surface area (Å²) in [6.45, 7) is 2.82. The first-order chi connectivity index (χ1) is 10.6. The topological polar surface area (TPSA) is 185 Å². The number of nitrogens with two attached hydrogens (primary N) is 2. The fourth-order valence-corrected chi connectivity index (χ4v) is 1.75. The summed E-state index contributed by atoms with van der Waals surface area (Å²) in [7, 11) is 0. The molecule has 0 aromatic carbocycles. The number of aliphatic hydroxyl groups is 1. The van der Waals surface area contributed by atoms with E-state index >= 15 is 0 Å². The van der Waals surface area contributed by atoms with E-state index in [1.807, 2.05) is 0 Å². The Labute approximate surface area is 133 Å². The second-order valence-electron chi connectivity index (χ2n) is 5.55. The molecule has 132 valence electrons. The first-order valence-electron chi connectivity index (χ1n) is 7.06. The van der Waals surface area contributed by atoms with E-state index in [0.717, 1.165) is 0 Å². The van der Waals surface area contributed by atoms with Gasteiger partial charge in [-0.15, -0.1) is 0 Å². The lowest BCUT2D eigenvalue weighted by Crippen LogP contribution is -2.55. The van der Waals surface area contributed by atoms with Gasteiger partial charge in [-0.05, 0) is 12.3 Å². The van der Waals surface area contributed by atoms with Crippen LogP contribution >= 0.6 is 0 Å². The zero-order valence-corrected chi connectivity index (χ0v) is 13.1. The molecule has 0 radical (unpaired) electrons. The number of carboxylic acid groups (broad SMARTS) is 1. The molecular formula is C13H24N4O6. The Hall–Kier alpha value is -2.20. The predicted molar refractivity (Wildman–Crippen MR) is 79.8 cm³/mol. The second-order valence-corrected chi connectivity index (χ2v) is 5.55. The van der Waals surface area contributed by atoms with Gasteiger partial charge in [0.15, 0.2) is 0 Å². The van der Waals surface area contributed by atoms with Crippen LogP contribution in [0.5, 0.6) is 0 Å². The summed E-state index contributed by atoms with van der Waals surface area (Å²) in [6.07, 6.45) is -0.158. The molecule has 8 N–H and O–H groups in total. The Balaban J connectivity index is 4.92. The number of primary amides is 1. The normalized spacial score (nSPS) is 14.7. The number of rotatable bonds is 10. The smallest absolute Gasteiger partial charge is 0.328 e. The van der Waals surface area contributed by atoms with Crippen LogP contribution in [0.4, 0.5) is 0 Å². The Morgan fingerprint density at radius 2 is 1.57 bits per heavy atom. The maximum absolute atomic E-state index is 12.1. The Bertz CT molecular complexity index is 454. The molecule has 23 heavy (non-hydrogen) atoms. The van der Waals surface area contributed by atoms with Crippen LogP contribution in [-0.4, -0.2) is 58.6 Å². The molecule has 0 aromatic rings. The van der Waals surface area contributed by atoms with E-state index in [1.54, 1.807) is 13.8 Å². The van der Waals surface area contributed by atoms with Gasteiger partial charge in [0.05, 0.1) is 19.1 Å². The fourth-order valence-electron chi connectivity index (χ4n) is 1.75. The SMILES string of the molecule is CC(C)C[C@H](NC(=O)[C@@H](N)CC(N)=O)C(=O)N[C@@H](CO)C(=O)O. The first-order valence-corrected chi connectivity index (χ1v) is 7.06. The van der Waals surface area contributed by atoms with E-state index in [-0.39, 0.29) is 18.8 Å². The molecule has 0 heterocycles. The lowest BCUT2D eigenvalue weighted by atomic mass is 10.0. The van der Waals surface area contributed by atoms with Gasteiger partial charge in [-0.25, -0.2) is 4.79 Å². The highest BCUT2D eigenvalue weighted by Crippen LogP contribution is 2.06. The van der Waals surface area contributed by atoms with Gasteiger partial charge in [0.25, 0.3) is 0 Å². The van der Waals surface area contributed by atoms with Gasteiger partial charge >= 0.3 is 5.97 Å². The number of amides is 3. The summed E-state index contributed by atoms with van der Waals surface area (Å²) in [6, 6.07) is -3.73. The molecule has 0 saturated carbocycles. The number of aliphatic hydroxyl groups excluding tert-OH is 1. The van der Waals surface area contributed by atoms with Crippen molar-refractivity contribution in [2.75, 3.05) is 6.61 Å². The predicted octanol–water partition coefficient (Wildman–Crippen LogP) is -2.72. The summed E-state index contributed by atoms with van der Waals surface area (Å²) in [4.78, 5) is 45.6. The number of nitrogens with one attached hydrogen (secondary N) is 2. The van der Waals surface area contributed by atoms with Crippen molar-refractivity contribution in [3.63, 3.8) is 0 Å². The summed E-state index contributed by atoms with van der Waals surface area (Å²) in [5, 5.41) is 22.2. The molecule has 0 unspecified atom stereocenters. The lowest BCUT2D eigenvalue weighted by Gasteiger charge is -2.23. The average molecular weight is 332 g/mol. The number of carboxylic acids is 1. The van der Waals surface area contributed by atoms with Crippen LogP contribution in [0.25, 0.3) is 0 Å². The molecule has 0 spiro atoms. The highest BCUT2D eigenvalue weighted by molar-refractivity contribution is 5.93. The van der Waals surface area contributed by atoms with Crippen LogP contribution in [0.2, 0.25) is 0 Å². The molecule has 3 atom stereocenters. The molecule has 0 aliphatic heterocycles. The summed E-state index contributed by atoms with van der Waals surface area (Å²) in [5.41, 5.74) is 10.4. The van der Waals surface area contributed by atoms with Gasteiger partial charge < -0.3 is 32.3 Å². The van der Waals surface area contributed by atoms with Crippen molar-refractivity contribution in [1.29, 1.82) is 0 Å². The minimum Gasteiger partial charge on any atom is -0.480 e. The second kappa shape index (κ2) is 9.74. The molecule has 10 heteroatoms. The highest BCUT2D eigenvalue weighted by Gasteiger charge is 2.28. The van der Waals surface area contributed by atoms with E-state index in [2.05, 4.69) is 10.6 Å². The molecule has 0 aliphatic carbocycles. The van der Waals surface area contributed by atoms with Crippen LogP contribution in [0.1, 0.15) is 26.7 Å². The summed E-state index contributed by atoms with van der Waals surface area (Å²) >= 11 is 0. The molecule has 0 rings (SSSR count). The Kier molecular flexibility index (Phi) is 8.81. The van der Waals surface area contributed by atoms with Crippen molar-refractivity contribution in [3.05, 3.63) is 0 Å². The molecule has 0 bridgehead atoms. The van der Waals surface area contributed by atoms with E-state index < -0.39 is 48.4 Å². The number of carbonyl (C=O) groups excluding carboxylic acids is 3. The maximum Gasteiger partial charge on any atom is 0.328 e. The average Bonchev–Trinajstić information content (AvgIpc) is 2.41. The largest absolute Gasteiger partial charge is 0.480 e. The zero-order valence-electron chi connectivity index (χ0n) is 13.1. The number of hydrogen-bond acceptors (Lipinski definition) is 6. The minimum absolute atomic E-state index is 0.0100. The van der Waals surface area contributed by atoms with Gasteiger partial charge in [0, 0.05) is 0 Å². The van der Waals surface area contributed by atoms with Gasteiger partial charge in [-0.1, -0.05) is 13.8 Å². The number of aliphatic carboxylic acids is 1. The number of hydrogen-bond donors (Lipinski definition) is 6. The highest BCUT2D eigenvalue weighted by atomic mass is 16.4. The third-order valence-electron chi connectivity index (χ3n) is 2.90. The van der Waals surface area contributed by atoms with Crippen LogP contribution in [-0.2, 0) is 19.2 Å². The third kappa shape index (κ3) is 8.12. The standard InChI is InChI=1S/C13H24N4O6/c1-6(2)3-8(12(21)17-9(5-18)13(22)23)16-11(20)7(14)4-10(15)19/h6-9,18H,3-5,14H2,1-2H3,(H2,15,19)(H,16,20)(H,17,21)(H,22,23)/t7-,8-,9-/m0/s1. The van der Waals surface area contributed by atoms with Crippen molar-refractivity contribution in [2.45, 2.75) is 44.8 Å². The van der Waals surface area contributed by atoms with E-state index in [0.29, 0.717) is 0 Å². The minimum atomic E-state index is -1.48. The third-order valence-corrected chi connectivity index (χ3v) is 2.90. The molecule has 3 amide bonds. The summed E-state index contributed by atoms with van der Waals surface area (Å²) < 4.78 is 0. The summed E-state index contributed by atoms with van der Waals surface area (Å²) in [5.74, 6) is -3.67.